The highest BCUT2D eigenvalue weighted by Crippen LogP contribution is 2.25. The molecule has 0 unspecified atom stereocenters. The van der Waals surface area contributed by atoms with Gasteiger partial charge in [0.05, 0.1) is 0 Å². The first-order valence-corrected chi connectivity index (χ1v) is 9.04. The van der Waals surface area contributed by atoms with Crippen molar-refractivity contribution in [2.24, 2.45) is 0 Å². The van der Waals surface area contributed by atoms with Gasteiger partial charge in [0, 0.05) is 11.6 Å². The molecule has 10 heteroatoms. The van der Waals surface area contributed by atoms with Crippen LogP contribution in [0.5, 0.6) is 5.75 Å². The summed E-state index contributed by atoms with van der Waals surface area (Å²) in [6.45, 7) is 0. The maximum Gasteiger partial charge on any atom is 0.426 e. The van der Waals surface area contributed by atoms with Gasteiger partial charge >= 0.3 is 6.09 Å². The largest absolute Gasteiger partial charge is 0.426 e. The summed E-state index contributed by atoms with van der Waals surface area (Å²) in [7, 11) is -4.13. The maximum absolute atomic E-state index is 12.3. The lowest BCUT2D eigenvalue weighted by molar-refractivity contribution is 0.206. The third kappa shape index (κ3) is 2.85. The van der Waals surface area contributed by atoms with Crippen LogP contribution in [0.3, 0.4) is 0 Å². The fraction of sp³-hybridized carbons (Fsp3) is 0. The van der Waals surface area contributed by atoms with E-state index in [1.54, 1.807) is 29.8 Å². The van der Waals surface area contributed by atoms with Gasteiger partial charge in [0.15, 0.2) is 9.99 Å². The number of para-hydroxylation sites is 1. The van der Waals surface area contributed by atoms with E-state index >= 15 is 0 Å². The lowest BCUT2D eigenvalue weighted by Crippen LogP contribution is -2.33. The molecule has 1 aromatic carbocycles. The van der Waals surface area contributed by atoms with E-state index in [2.05, 4.69) is 20.9 Å². The number of fused-ring (bicyclic) bond motifs is 1. The Morgan fingerprint density at radius 2 is 2.05 bits per heavy atom. The van der Waals surface area contributed by atoms with Crippen molar-refractivity contribution in [1.29, 1.82) is 0 Å². The highest BCUT2D eigenvalue weighted by atomic mass is 79.9. The second-order valence-electron chi connectivity index (χ2n) is 4.07. The van der Waals surface area contributed by atoms with Gasteiger partial charge in [-0.25, -0.2) is 14.5 Å². The smallest absolute Gasteiger partial charge is 0.410 e. The normalized spacial score (nSPS) is 11.5. The molecule has 114 valence electrons. The van der Waals surface area contributed by atoms with Crippen molar-refractivity contribution in [3.63, 3.8) is 0 Å². The van der Waals surface area contributed by atoms with Crippen molar-refractivity contribution in [3.05, 3.63) is 46.5 Å². The van der Waals surface area contributed by atoms with Crippen LogP contribution in [-0.4, -0.2) is 23.9 Å². The summed E-state index contributed by atoms with van der Waals surface area (Å²) in [5.74, 6) is 0.239. The number of halogens is 1. The number of nitrogens with zero attached hydrogens (tertiary/aromatic N) is 2. The Bertz CT molecular complexity index is 934. The number of amides is 1. The molecule has 7 nitrogen and oxygen atoms in total. The van der Waals surface area contributed by atoms with Gasteiger partial charge in [-0.15, -0.1) is 11.3 Å². The van der Waals surface area contributed by atoms with E-state index in [1.165, 1.54) is 27.9 Å². The minimum Gasteiger partial charge on any atom is -0.410 e. The molecule has 22 heavy (non-hydrogen) atoms. The number of sulfonamides is 1. The molecular formula is C12H8BrN3O4S2. The first-order chi connectivity index (χ1) is 10.5. The average molecular weight is 402 g/mol. The Balaban J connectivity index is 1.86. The van der Waals surface area contributed by atoms with Crippen LogP contribution in [0, 0.1) is 0 Å². The average Bonchev–Trinajstić information content (AvgIpc) is 2.98. The standard InChI is InChI=1S/C12H8BrN3O4S2/c13-9-10(16-6-7-21-11(16)14-9)22(18,19)15-12(17)20-8-4-2-1-3-5-8/h1-7H,(H,15,17). The first kappa shape index (κ1) is 15.0. The molecule has 2 aromatic heterocycles. The maximum atomic E-state index is 12.3. The van der Waals surface area contributed by atoms with E-state index in [0.29, 0.717) is 4.96 Å². The van der Waals surface area contributed by atoms with E-state index in [4.69, 9.17) is 4.74 Å². The molecule has 3 aromatic rings. The number of ether oxygens (including phenoxy) is 1. The van der Waals surface area contributed by atoms with Crippen molar-refractivity contribution in [2.45, 2.75) is 5.03 Å². The van der Waals surface area contributed by atoms with Gasteiger partial charge in [-0.2, -0.15) is 8.42 Å². The third-order valence-electron chi connectivity index (χ3n) is 2.60. The Morgan fingerprint density at radius 1 is 1.32 bits per heavy atom. The number of carbonyl (C=O) groups excluding carboxylic acids is 1. The van der Waals surface area contributed by atoms with Gasteiger partial charge in [0.1, 0.15) is 10.4 Å². The quantitative estimate of drug-likeness (QED) is 0.728. The molecule has 0 bridgehead atoms. The Kier molecular flexibility index (Phi) is 3.89. The summed E-state index contributed by atoms with van der Waals surface area (Å²) in [5.41, 5.74) is 0. The molecule has 2 heterocycles. The summed E-state index contributed by atoms with van der Waals surface area (Å²) in [4.78, 5) is 16.3. The van der Waals surface area contributed by atoms with Gasteiger partial charge < -0.3 is 4.74 Å². The van der Waals surface area contributed by atoms with Crippen LogP contribution in [-0.2, 0) is 10.0 Å². The van der Waals surface area contributed by atoms with E-state index in [9.17, 15) is 13.2 Å². The monoisotopic (exact) mass is 401 g/mol. The van der Waals surface area contributed by atoms with Gasteiger partial charge in [-0.05, 0) is 28.1 Å². The SMILES string of the molecule is O=C(NS(=O)(=O)c1c(Br)nc2sccn12)Oc1ccccc1. The number of hydrogen-bond donors (Lipinski definition) is 1. The highest BCUT2D eigenvalue weighted by Gasteiger charge is 2.27. The zero-order valence-electron chi connectivity index (χ0n) is 10.8. The molecule has 0 spiro atoms. The lowest BCUT2D eigenvalue weighted by Gasteiger charge is -2.07. The molecule has 1 N–H and O–H groups in total. The molecule has 0 saturated heterocycles. The highest BCUT2D eigenvalue weighted by molar-refractivity contribution is 9.10. The van der Waals surface area contributed by atoms with E-state index in [1.807, 2.05) is 4.72 Å². The summed E-state index contributed by atoms with van der Waals surface area (Å²) in [6, 6.07) is 8.16. The number of hydrogen-bond acceptors (Lipinski definition) is 6. The topological polar surface area (TPSA) is 89.8 Å². The third-order valence-corrected chi connectivity index (χ3v) is 5.51. The fourth-order valence-electron chi connectivity index (χ4n) is 1.75. The molecule has 0 fully saturated rings. The van der Waals surface area contributed by atoms with Crippen molar-refractivity contribution in [1.82, 2.24) is 14.1 Å². The number of thiazole rings is 1. The molecule has 0 saturated carbocycles. The number of benzene rings is 1. The lowest BCUT2D eigenvalue weighted by atomic mass is 10.3. The minimum absolute atomic E-state index is 0.124. The van der Waals surface area contributed by atoms with E-state index < -0.39 is 16.1 Å². The number of aromatic nitrogens is 2. The van der Waals surface area contributed by atoms with Gasteiger partial charge in [0.25, 0.3) is 10.0 Å². The zero-order chi connectivity index (χ0) is 15.7. The molecule has 0 aliphatic rings. The van der Waals surface area contributed by atoms with Crippen LogP contribution in [0.25, 0.3) is 4.96 Å². The van der Waals surface area contributed by atoms with E-state index in [0.717, 1.165) is 0 Å². The fourth-order valence-corrected chi connectivity index (χ4v) is 4.67. The Morgan fingerprint density at radius 3 is 2.77 bits per heavy atom. The predicted molar refractivity (Wildman–Crippen MR) is 83.6 cm³/mol. The first-order valence-electron chi connectivity index (χ1n) is 5.88. The van der Waals surface area contributed by atoms with E-state index in [-0.39, 0.29) is 15.4 Å². The van der Waals surface area contributed by atoms with Gasteiger partial charge in [-0.3, -0.25) is 4.40 Å². The summed E-state index contributed by atoms with van der Waals surface area (Å²) in [5, 5.41) is 1.53. The van der Waals surface area contributed by atoms with Gasteiger partial charge in [-0.1, -0.05) is 18.2 Å². The second kappa shape index (κ2) is 5.71. The number of nitrogens with one attached hydrogen (secondary N) is 1. The van der Waals surface area contributed by atoms with Crippen LogP contribution in [0.1, 0.15) is 0 Å². The number of carbonyl (C=O) groups is 1. The summed E-state index contributed by atoms with van der Waals surface area (Å²) >= 11 is 4.36. The van der Waals surface area contributed by atoms with Crippen LogP contribution in [0.15, 0.2) is 51.5 Å². The molecule has 0 radical (unpaired) electrons. The predicted octanol–water partition coefficient (Wildman–Crippen LogP) is 2.64. The minimum atomic E-state index is -4.13. The molecule has 0 atom stereocenters. The van der Waals surface area contributed by atoms with Gasteiger partial charge in [0.2, 0.25) is 0 Å². The molecular weight excluding hydrogens is 394 g/mol. The Labute approximate surface area is 137 Å². The summed E-state index contributed by atoms with van der Waals surface area (Å²) < 4.78 is 32.9. The van der Waals surface area contributed by atoms with Crippen molar-refractivity contribution in [3.8, 4) is 5.75 Å². The van der Waals surface area contributed by atoms with Crippen molar-refractivity contribution < 1.29 is 17.9 Å². The van der Waals surface area contributed by atoms with Crippen LogP contribution in [0.4, 0.5) is 4.79 Å². The van der Waals surface area contributed by atoms with Crippen LogP contribution in [0.2, 0.25) is 0 Å². The molecule has 0 aliphatic carbocycles. The second-order valence-corrected chi connectivity index (χ2v) is 7.29. The van der Waals surface area contributed by atoms with Crippen molar-refractivity contribution >= 4 is 48.3 Å². The molecule has 3 rings (SSSR count). The number of imidazole rings is 1. The van der Waals surface area contributed by atoms with Crippen LogP contribution < -0.4 is 9.46 Å². The van der Waals surface area contributed by atoms with Crippen molar-refractivity contribution in [2.75, 3.05) is 0 Å². The van der Waals surface area contributed by atoms with Crippen LogP contribution >= 0.6 is 27.3 Å². The molecule has 0 aliphatic heterocycles. The zero-order valence-corrected chi connectivity index (χ0v) is 14.0. The molecule has 1 amide bonds. The Hall–Kier alpha value is -1.91. The summed E-state index contributed by atoms with van der Waals surface area (Å²) in [6.07, 6.45) is 0.456. The number of rotatable bonds is 3.